The molecule has 14 heteroatoms. The van der Waals surface area contributed by atoms with Gasteiger partial charge in [0.2, 0.25) is 12.3 Å². The van der Waals surface area contributed by atoms with E-state index in [1.54, 1.807) is 45.0 Å². The van der Waals surface area contributed by atoms with E-state index in [9.17, 15) is 23.7 Å². The Morgan fingerprint density at radius 3 is 2.25 bits per heavy atom. The van der Waals surface area contributed by atoms with Gasteiger partial charge in [-0.3, -0.25) is 28.6 Å². The maximum Gasteiger partial charge on any atom is 0.349 e. The van der Waals surface area contributed by atoms with E-state index in [-0.39, 0.29) is 44.4 Å². The molecule has 0 aliphatic rings. The maximum absolute atomic E-state index is 13.5. The van der Waals surface area contributed by atoms with Crippen LogP contribution in [0.1, 0.15) is 91.8 Å². The Hall–Kier alpha value is -4.29. The summed E-state index contributed by atoms with van der Waals surface area (Å²) in [5.41, 5.74) is 2.54. The monoisotopic (exact) mass is 726 g/mol. The lowest BCUT2D eigenvalue weighted by Crippen LogP contribution is -2.48. The van der Waals surface area contributed by atoms with Crippen LogP contribution in [0.15, 0.2) is 65.1 Å². The van der Waals surface area contributed by atoms with Gasteiger partial charge in [-0.25, -0.2) is 5.06 Å². The van der Waals surface area contributed by atoms with Crippen LogP contribution in [0.3, 0.4) is 0 Å². The number of carbonyl (C=O) groups excluding carboxylic acids is 4. The molecule has 3 rings (SSSR count). The lowest BCUT2D eigenvalue weighted by molar-refractivity contribution is -0.200. The fraction of sp³-hybridized carbons (Fsp3) is 0.459. The molecule has 4 amide bonds. The number of unbranched alkanes of at least 4 members (excludes halogenated alkanes) is 2. The van der Waals surface area contributed by atoms with Crippen LogP contribution in [-0.2, 0) is 34.6 Å². The number of nitrogens with one attached hydrogen (secondary N) is 3. The molecule has 3 N–H and O–H groups in total. The van der Waals surface area contributed by atoms with Crippen LogP contribution in [0.4, 0.5) is 0 Å². The Balaban J connectivity index is 1.60. The SMILES string of the molecule is CCCCCC(C(=O)NCNC(=O)c1ccc(-c2ccc(C(=O)NCP(=O)(OCC)OCC)c(C)c2)o1)C(CC)N(C=O)OCc1ccccc1. The second kappa shape index (κ2) is 21.2. The molecule has 0 spiro atoms. The minimum Gasteiger partial charge on any atom is -0.451 e. The van der Waals surface area contributed by atoms with Crippen LogP contribution in [0.5, 0.6) is 0 Å². The van der Waals surface area contributed by atoms with Crippen molar-refractivity contribution in [2.75, 3.05) is 26.2 Å². The van der Waals surface area contributed by atoms with Gasteiger partial charge in [-0.2, -0.15) is 0 Å². The molecular formula is C37H51N4O9P. The van der Waals surface area contributed by atoms with Crippen molar-refractivity contribution in [3.63, 3.8) is 0 Å². The Morgan fingerprint density at radius 2 is 1.63 bits per heavy atom. The zero-order valence-corrected chi connectivity index (χ0v) is 31.0. The van der Waals surface area contributed by atoms with E-state index < -0.39 is 31.4 Å². The molecule has 0 aliphatic heterocycles. The molecule has 13 nitrogen and oxygen atoms in total. The molecule has 0 fully saturated rings. The molecule has 3 aromatic rings. The summed E-state index contributed by atoms with van der Waals surface area (Å²) in [5, 5.41) is 9.31. The van der Waals surface area contributed by atoms with Crippen LogP contribution < -0.4 is 16.0 Å². The summed E-state index contributed by atoms with van der Waals surface area (Å²) in [6, 6.07) is 17.2. The van der Waals surface area contributed by atoms with Crippen molar-refractivity contribution < 1.29 is 42.0 Å². The summed E-state index contributed by atoms with van der Waals surface area (Å²) in [4.78, 5) is 57.1. The first kappa shape index (κ1) is 41.1. The van der Waals surface area contributed by atoms with Crippen molar-refractivity contribution in [2.24, 2.45) is 5.92 Å². The summed E-state index contributed by atoms with van der Waals surface area (Å²) in [6.07, 6.45) is 4.11. The van der Waals surface area contributed by atoms with Gasteiger partial charge in [0.1, 0.15) is 18.7 Å². The van der Waals surface area contributed by atoms with E-state index >= 15 is 0 Å². The van der Waals surface area contributed by atoms with Gasteiger partial charge in [0.25, 0.3) is 11.8 Å². The minimum absolute atomic E-state index is 0.0358. The van der Waals surface area contributed by atoms with Gasteiger partial charge >= 0.3 is 7.60 Å². The van der Waals surface area contributed by atoms with Crippen molar-refractivity contribution in [3.8, 4) is 11.3 Å². The highest BCUT2D eigenvalue weighted by Gasteiger charge is 2.32. The third-order valence-electron chi connectivity index (χ3n) is 8.17. The second-order valence-electron chi connectivity index (χ2n) is 11.8. The molecule has 0 radical (unpaired) electrons. The van der Waals surface area contributed by atoms with Crippen LogP contribution in [0.25, 0.3) is 11.3 Å². The molecule has 2 atom stereocenters. The standard InChI is InChI=1S/C37H51N4O9P/c1-6-10-12-17-31(32(7-2)41(26-42)47-23-28-15-13-11-14-16-28)36(44)38-24-39-37(45)34-21-20-33(50-34)29-18-19-30(27(5)22-29)35(43)40-25-51(46,48-8-3)49-9-4/h11,13-16,18-22,26,31-32H,6-10,12,17,23-25H2,1-5H3,(H,38,44)(H,39,45)(H,40,43). The minimum atomic E-state index is -3.45. The lowest BCUT2D eigenvalue weighted by Gasteiger charge is -2.32. The van der Waals surface area contributed by atoms with Crippen LogP contribution in [-0.4, -0.2) is 61.4 Å². The number of hydrogen-bond donors (Lipinski definition) is 3. The van der Waals surface area contributed by atoms with Crippen molar-refractivity contribution in [1.29, 1.82) is 0 Å². The van der Waals surface area contributed by atoms with E-state index in [2.05, 4.69) is 22.9 Å². The number of nitrogens with zero attached hydrogens (tertiary/aromatic N) is 1. The van der Waals surface area contributed by atoms with Gasteiger partial charge in [-0.05, 0) is 69.0 Å². The summed E-state index contributed by atoms with van der Waals surface area (Å²) in [5.74, 6) is -1.38. The van der Waals surface area contributed by atoms with Gasteiger partial charge in [-0.1, -0.05) is 69.5 Å². The molecule has 0 bridgehead atoms. The topological polar surface area (TPSA) is 166 Å². The van der Waals surface area contributed by atoms with Crippen LogP contribution in [0, 0.1) is 12.8 Å². The highest BCUT2D eigenvalue weighted by Crippen LogP contribution is 2.46. The zero-order valence-electron chi connectivity index (χ0n) is 30.1. The second-order valence-corrected chi connectivity index (χ2v) is 13.9. The number of rotatable bonds is 23. The number of hydroxylamine groups is 2. The molecular weight excluding hydrogens is 675 g/mol. The Morgan fingerprint density at radius 1 is 0.902 bits per heavy atom. The fourth-order valence-corrected chi connectivity index (χ4v) is 6.97. The quantitative estimate of drug-likeness (QED) is 0.0322. The van der Waals surface area contributed by atoms with Gasteiger partial charge < -0.3 is 29.4 Å². The van der Waals surface area contributed by atoms with Gasteiger partial charge in [0.15, 0.2) is 5.76 Å². The zero-order chi connectivity index (χ0) is 37.2. The number of aryl methyl sites for hydroxylation is 1. The summed E-state index contributed by atoms with van der Waals surface area (Å²) < 4.78 is 29.0. The first-order valence-electron chi connectivity index (χ1n) is 17.4. The Labute approximate surface area is 300 Å². The average molecular weight is 727 g/mol. The fourth-order valence-electron chi connectivity index (χ4n) is 5.58. The lowest BCUT2D eigenvalue weighted by atomic mass is 9.90. The van der Waals surface area contributed by atoms with Crippen LogP contribution >= 0.6 is 7.60 Å². The molecule has 0 aliphatic carbocycles. The Kier molecular flexibility index (Phi) is 17.1. The van der Waals surface area contributed by atoms with Crippen molar-refractivity contribution in [1.82, 2.24) is 21.0 Å². The molecule has 278 valence electrons. The van der Waals surface area contributed by atoms with Crippen molar-refractivity contribution >= 4 is 31.7 Å². The highest BCUT2D eigenvalue weighted by molar-refractivity contribution is 7.53. The number of carbonyl (C=O) groups is 4. The van der Waals surface area contributed by atoms with E-state index in [0.29, 0.717) is 41.7 Å². The van der Waals surface area contributed by atoms with Gasteiger partial charge in [0.05, 0.1) is 31.8 Å². The first-order chi connectivity index (χ1) is 24.6. The molecule has 51 heavy (non-hydrogen) atoms. The summed E-state index contributed by atoms with van der Waals surface area (Å²) in [7, 11) is -3.45. The number of furan rings is 1. The molecule has 2 unspecified atom stereocenters. The molecule has 0 saturated carbocycles. The smallest absolute Gasteiger partial charge is 0.349 e. The number of hydrogen-bond acceptors (Lipinski definition) is 9. The maximum atomic E-state index is 13.5. The first-order valence-corrected chi connectivity index (χ1v) is 19.2. The summed E-state index contributed by atoms with van der Waals surface area (Å²) in [6.45, 7) is 9.53. The molecule has 1 aromatic heterocycles. The molecule has 2 aromatic carbocycles. The van der Waals surface area contributed by atoms with Crippen molar-refractivity contribution in [3.05, 3.63) is 83.1 Å². The summed E-state index contributed by atoms with van der Waals surface area (Å²) >= 11 is 0. The van der Waals surface area contributed by atoms with E-state index in [1.165, 1.54) is 11.1 Å². The highest BCUT2D eigenvalue weighted by atomic mass is 31.2. The van der Waals surface area contributed by atoms with Crippen molar-refractivity contribution in [2.45, 2.75) is 79.4 Å². The predicted molar refractivity (Wildman–Crippen MR) is 193 cm³/mol. The Bertz CT molecular complexity index is 1600. The largest absolute Gasteiger partial charge is 0.451 e. The van der Waals surface area contributed by atoms with Gasteiger partial charge in [0, 0.05) is 11.1 Å². The normalized spacial score (nSPS) is 12.5. The number of benzene rings is 2. The van der Waals surface area contributed by atoms with Crippen LogP contribution in [0.2, 0.25) is 0 Å². The van der Waals surface area contributed by atoms with E-state index in [1.807, 2.05) is 37.3 Å². The number of amides is 4. The van der Waals surface area contributed by atoms with E-state index in [4.69, 9.17) is 18.3 Å². The van der Waals surface area contributed by atoms with Gasteiger partial charge in [-0.15, -0.1) is 0 Å². The van der Waals surface area contributed by atoms with E-state index in [0.717, 1.165) is 24.8 Å². The predicted octanol–water partition coefficient (Wildman–Crippen LogP) is 6.58. The third kappa shape index (κ3) is 12.5. The third-order valence-corrected chi connectivity index (χ3v) is 10.0. The molecule has 0 saturated heterocycles. The average Bonchev–Trinajstić information content (AvgIpc) is 3.63. The molecule has 1 heterocycles.